The number of nitrogen functional groups attached to an aromatic ring is 1. The van der Waals surface area contributed by atoms with Gasteiger partial charge in [0.1, 0.15) is 10.7 Å². The predicted octanol–water partition coefficient (Wildman–Crippen LogP) is 2.63. The Labute approximate surface area is 166 Å². The van der Waals surface area contributed by atoms with Gasteiger partial charge in [-0.25, -0.2) is 9.66 Å². The molecular formula is C20H23N3O4S. The van der Waals surface area contributed by atoms with Crippen molar-refractivity contribution in [1.29, 1.82) is 0 Å². The van der Waals surface area contributed by atoms with E-state index in [1.807, 2.05) is 32.0 Å². The molecule has 0 bridgehead atoms. The summed E-state index contributed by atoms with van der Waals surface area (Å²) in [5.74, 6) is 7.92. The number of thiophene rings is 1. The highest BCUT2D eigenvalue weighted by atomic mass is 32.1. The number of ether oxygens (including phenoxy) is 3. The first kappa shape index (κ1) is 18.8. The molecule has 2 N–H and O–H groups in total. The maximum atomic E-state index is 13.0. The van der Waals surface area contributed by atoms with Gasteiger partial charge >= 0.3 is 0 Å². The highest BCUT2D eigenvalue weighted by Gasteiger charge is 2.31. The first-order chi connectivity index (χ1) is 13.3. The van der Waals surface area contributed by atoms with Crippen LogP contribution in [-0.2, 0) is 24.2 Å². The van der Waals surface area contributed by atoms with Crippen LogP contribution >= 0.6 is 11.3 Å². The number of hydrogen-bond donors (Lipinski definition) is 1. The molecule has 0 atom stereocenters. The van der Waals surface area contributed by atoms with Gasteiger partial charge in [0.15, 0.2) is 11.5 Å². The zero-order chi connectivity index (χ0) is 20.1. The highest BCUT2D eigenvalue weighted by molar-refractivity contribution is 7.18. The van der Waals surface area contributed by atoms with Gasteiger partial charge in [-0.3, -0.25) is 4.79 Å². The molecule has 3 heterocycles. The largest absolute Gasteiger partial charge is 0.493 e. The minimum atomic E-state index is -0.300. The molecule has 1 aromatic carbocycles. The van der Waals surface area contributed by atoms with Crippen LogP contribution in [0.1, 0.15) is 35.7 Å². The molecule has 0 saturated carbocycles. The van der Waals surface area contributed by atoms with Gasteiger partial charge in [0, 0.05) is 17.7 Å². The SMILES string of the molecule is COc1ccc(Cc2nc3sc4c(c3c(=O)n2N)CC(C)(C)OC4)cc1OC. The lowest BCUT2D eigenvalue weighted by atomic mass is 9.94. The average Bonchev–Trinajstić information content (AvgIpc) is 3.02. The summed E-state index contributed by atoms with van der Waals surface area (Å²) in [7, 11) is 3.18. The minimum absolute atomic E-state index is 0.212. The molecule has 1 aliphatic rings. The van der Waals surface area contributed by atoms with Gasteiger partial charge in [-0.15, -0.1) is 11.3 Å². The number of rotatable bonds is 4. The van der Waals surface area contributed by atoms with Crippen molar-refractivity contribution in [2.24, 2.45) is 0 Å². The summed E-state index contributed by atoms with van der Waals surface area (Å²) in [5, 5.41) is 0.620. The second-order valence-corrected chi connectivity index (χ2v) is 8.56. The summed E-state index contributed by atoms with van der Waals surface area (Å²) >= 11 is 1.51. The molecule has 0 radical (unpaired) electrons. The van der Waals surface area contributed by atoms with E-state index in [9.17, 15) is 4.79 Å². The fraction of sp³-hybridized carbons (Fsp3) is 0.400. The fourth-order valence-electron chi connectivity index (χ4n) is 3.54. The Kier molecular flexibility index (Phi) is 4.55. The van der Waals surface area contributed by atoms with Crippen molar-refractivity contribution in [2.45, 2.75) is 38.9 Å². The Morgan fingerprint density at radius 2 is 2.04 bits per heavy atom. The first-order valence-electron chi connectivity index (χ1n) is 8.99. The molecule has 1 aliphatic heterocycles. The third-order valence-corrected chi connectivity index (χ3v) is 6.12. The third-order valence-electron chi connectivity index (χ3n) is 5.02. The summed E-state index contributed by atoms with van der Waals surface area (Å²) in [6, 6.07) is 5.60. The van der Waals surface area contributed by atoms with Crippen LogP contribution in [0.5, 0.6) is 11.5 Å². The number of fused-ring (bicyclic) bond motifs is 3. The molecule has 0 unspecified atom stereocenters. The van der Waals surface area contributed by atoms with E-state index in [0.29, 0.717) is 47.0 Å². The normalized spacial score (nSPS) is 15.4. The topological polar surface area (TPSA) is 88.6 Å². The monoisotopic (exact) mass is 401 g/mol. The Morgan fingerprint density at radius 3 is 2.75 bits per heavy atom. The van der Waals surface area contributed by atoms with Crippen molar-refractivity contribution in [3.63, 3.8) is 0 Å². The molecule has 0 aliphatic carbocycles. The van der Waals surface area contributed by atoms with Gasteiger partial charge in [0.2, 0.25) is 0 Å². The van der Waals surface area contributed by atoms with Crippen molar-refractivity contribution in [3.05, 3.63) is 50.4 Å². The molecule has 0 saturated heterocycles. The van der Waals surface area contributed by atoms with Crippen molar-refractivity contribution < 1.29 is 14.2 Å². The molecule has 4 rings (SSSR count). The van der Waals surface area contributed by atoms with Gasteiger partial charge in [-0.1, -0.05) is 6.07 Å². The van der Waals surface area contributed by atoms with E-state index >= 15 is 0 Å². The van der Waals surface area contributed by atoms with Crippen molar-refractivity contribution in [3.8, 4) is 11.5 Å². The molecular weight excluding hydrogens is 378 g/mol. The lowest BCUT2D eigenvalue weighted by Crippen LogP contribution is -2.34. The zero-order valence-electron chi connectivity index (χ0n) is 16.4. The predicted molar refractivity (Wildman–Crippen MR) is 109 cm³/mol. The van der Waals surface area contributed by atoms with Crippen molar-refractivity contribution >= 4 is 21.6 Å². The molecule has 148 valence electrons. The quantitative estimate of drug-likeness (QED) is 0.676. The second-order valence-electron chi connectivity index (χ2n) is 7.48. The summed E-state index contributed by atoms with van der Waals surface area (Å²) in [5.41, 5.74) is 1.43. The molecule has 8 heteroatoms. The van der Waals surface area contributed by atoms with Crippen LogP contribution in [0.15, 0.2) is 23.0 Å². The van der Waals surface area contributed by atoms with E-state index in [2.05, 4.69) is 0 Å². The van der Waals surface area contributed by atoms with Gasteiger partial charge in [0.25, 0.3) is 5.56 Å². The smallest absolute Gasteiger partial charge is 0.280 e. The van der Waals surface area contributed by atoms with E-state index in [-0.39, 0.29) is 11.2 Å². The van der Waals surface area contributed by atoms with Crippen LogP contribution in [-0.4, -0.2) is 29.5 Å². The fourth-order valence-corrected chi connectivity index (χ4v) is 4.66. The van der Waals surface area contributed by atoms with Gasteiger partial charge in [-0.05, 0) is 37.1 Å². The number of hydrogen-bond acceptors (Lipinski definition) is 7. The van der Waals surface area contributed by atoms with Crippen LogP contribution in [0.2, 0.25) is 0 Å². The Morgan fingerprint density at radius 1 is 1.29 bits per heavy atom. The number of methoxy groups -OCH3 is 2. The Bertz CT molecular complexity index is 1120. The average molecular weight is 401 g/mol. The summed E-state index contributed by atoms with van der Waals surface area (Å²) in [4.78, 5) is 19.5. The Hall–Kier alpha value is -2.58. The minimum Gasteiger partial charge on any atom is -0.493 e. The first-order valence-corrected chi connectivity index (χ1v) is 9.80. The van der Waals surface area contributed by atoms with Crippen LogP contribution in [0.25, 0.3) is 10.2 Å². The van der Waals surface area contributed by atoms with Crippen molar-refractivity contribution in [2.75, 3.05) is 20.1 Å². The zero-order valence-corrected chi connectivity index (χ0v) is 17.2. The van der Waals surface area contributed by atoms with Gasteiger partial charge in [-0.2, -0.15) is 0 Å². The number of nitrogens with two attached hydrogens (primary N) is 1. The standard InChI is InChI=1S/C20H23N3O4S/c1-20(2)9-12-15(10-27-20)28-18-17(12)19(24)23(21)16(22-18)8-11-5-6-13(25-3)14(7-11)26-4/h5-7H,8-10,21H2,1-4H3. The third kappa shape index (κ3) is 3.12. The van der Waals surface area contributed by atoms with Crippen molar-refractivity contribution in [1.82, 2.24) is 9.66 Å². The maximum absolute atomic E-state index is 13.0. The van der Waals surface area contributed by atoms with E-state index in [1.165, 1.54) is 11.3 Å². The second kappa shape index (κ2) is 6.79. The lowest BCUT2D eigenvalue weighted by Gasteiger charge is -2.29. The molecule has 7 nitrogen and oxygen atoms in total. The molecule has 3 aromatic rings. The number of nitrogens with zero attached hydrogens (tertiary/aromatic N) is 2. The Balaban J connectivity index is 1.78. The van der Waals surface area contributed by atoms with Crippen LogP contribution in [0.3, 0.4) is 0 Å². The van der Waals surface area contributed by atoms with Crippen LogP contribution in [0, 0.1) is 0 Å². The van der Waals surface area contributed by atoms with Gasteiger partial charge < -0.3 is 20.1 Å². The van der Waals surface area contributed by atoms with E-state index < -0.39 is 0 Å². The molecule has 0 fully saturated rings. The molecule has 2 aromatic heterocycles. The highest BCUT2D eigenvalue weighted by Crippen LogP contribution is 2.37. The van der Waals surface area contributed by atoms with Gasteiger partial charge in [0.05, 0.1) is 31.8 Å². The maximum Gasteiger partial charge on any atom is 0.280 e. The van der Waals surface area contributed by atoms with Crippen LogP contribution in [0.4, 0.5) is 0 Å². The summed E-state index contributed by atoms with van der Waals surface area (Å²) in [6.07, 6.45) is 1.08. The van der Waals surface area contributed by atoms with E-state index in [0.717, 1.165) is 20.7 Å². The molecule has 0 amide bonds. The summed E-state index contributed by atoms with van der Waals surface area (Å²) in [6.45, 7) is 4.55. The number of aromatic nitrogens is 2. The van der Waals surface area contributed by atoms with E-state index in [1.54, 1.807) is 14.2 Å². The molecule has 0 spiro atoms. The van der Waals surface area contributed by atoms with E-state index in [4.69, 9.17) is 25.0 Å². The molecule has 28 heavy (non-hydrogen) atoms. The number of benzene rings is 1. The summed E-state index contributed by atoms with van der Waals surface area (Å²) < 4.78 is 17.7. The lowest BCUT2D eigenvalue weighted by molar-refractivity contribution is -0.0379. The van der Waals surface area contributed by atoms with Crippen LogP contribution < -0.4 is 20.9 Å².